The van der Waals surface area contributed by atoms with Crippen molar-refractivity contribution < 1.29 is 9.21 Å². The van der Waals surface area contributed by atoms with Crippen molar-refractivity contribution in [2.45, 2.75) is 25.3 Å². The van der Waals surface area contributed by atoms with Crippen molar-refractivity contribution in [3.8, 4) is 0 Å². The highest BCUT2D eigenvalue weighted by Gasteiger charge is 2.35. The van der Waals surface area contributed by atoms with Gasteiger partial charge < -0.3 is 9.32 Å². The maximum Gasteiger partial charge on any atom is 0.289 e. The summed E-state index contributed by atoms with van der Waals surface area (Å²) in [5, 5.41) is 0. The monoisotopic (exact) mass is 255 g/mol. The summed E-state index contributed by atoms with van der Waals surface area (Å²) in [5.41, 5.74) is 1.31. The number of benzene rings is 1. The molecule has 1 aromatic carbocycles. The molecule has 1 amide bonds. The van der Waals surface area contributed by atoms with Gasteiger partial charge in [-0.05, 0) is 31.0 Å². The summed E-state index contributed by atoms with van der Waals surface area (Å²) in [4.78, 5) is 14.2. The Bertz CT molecular complexity index is 547. The summed E-state index contributed by atoms with van der Waals surface area (Å²) < 4.78 is 5.21. The lowest BCUT2D eigenvalue weighted by Crippen LogP contribution is -2.35. The number of hydrogen-bond acceptors (Lipinski definition) is 2. The number of furan rings is 1. The first-order valence-corrected chi connectivity index (χ1v) is 6.67. The molecule has 3 heteroatoms. The lowest BCUT2D eigenvalue weighted by Gasteiger charge is -2.24. The summed E-state index contributed by atoms with van der Waals surface area (Å²) >= 11 is 0. The first-order chi connectivity index (χ1) is 9.27. The molecular formula is C16H17NO2. The molecule has 0 radical (unpaired) electrons. The average molecular weight is 255 g/mol. The van der Waals surface area contributed by atoms with E-state index in [9.17, 15) is 4.79 Å². The van der Waals surface area contributed by atoms with E-state index in [1.165, 1.54) is 5.56 Å². The minimum absolute atomic E-state index is 0.00377. The predicted molar refractivity (Wildman–Crippen MR) is 73.0 cm³/mol. The SMILES string of the molecule is CC1C(c2ccccc2)CCN1C(=O)c1ccco1. The van der Waals surface area contributed by atoms with Gasteiger partial charge in [0.1, 0.15) is 0 Å². The van der Waals surface area contributed by atoms with E-state index in [0.717, 1.165) is 13.0 Å². The van der Waals surface area contributed by atoms with Gasteiger partial charge >= 0.3 is 0 Å². The van der Waals surface area contributed by atoms with Gasteiger partial charge in [0.15, 0.2) is 5.76 Å². The summed E-state index contributed by atoms with van der Waals surface area (Å²) in [7, 11) is 0. The Kier molecular flexibility index (Phi) is 3.11. The van der Waals surface area contributed by atoms with Crippen molar-refractivity contribution >= 4 is 5.91 Å². The zero-order valence-corrected chi connectivity index (χ0v) is 11.0. The maximum atomic E-state index is 12.3. The number of amides is 1. The number of nitrogens with zero attached hydrogens (tertiary/aromatic N) is 1. The third-order valence-corrected chi connectivity index (χ3v) is 3.98. The first kappa shape index (κ1) is 12.0. The second-order valence-electron chi connectivity index (χ2n) is 5.02. The predicted octanol–water partition coefficient (Wildman–Crippen LogP) is 3.30. The number of carbonyl (C=O) groups is 1. The Morgan fingerprint density at radius 3 is 2.68 bits per heavy atom. The van der Waals surface area contributed by atoms with Crippen molar-refractivity contribution in [1.82, 2.24) is 4.90 Å². The highest BCUT2D eigenvalue weighted by molar-refractivity contribution is 5.92. The number of likely N-dealkylation sites (tertiary alicyclic amines) is 1. The van der Waals surface area contributed by atoms with Crippen LogP contribution in [0, 0.1) is 0 Å². The van der Waals surface area contributed by atoms with Gasteiger partial charge in [0, 0.05) is 18.5 Å². The van der Waals surface area contributed by atoms with Crippen LogP contribution in [0.25, 0.3) is 0 Å². The van der Waals surface area contributed by atoms with E-state index in [2.05, 4.69) is 31.2 Å². The molecule has 3 rings (SSSR count). The Morgan fingerprint density at radius 2 is 2.00 bits per heavy atom. The Labute approximate surface area is 112 Å². The van der Waals surface area contributed by atoms with Crippen LogP contribution in [-0.2, 0) is 0 Å². The zero-order valence-electron chi connectivity index (χ0n) is 11.0. The molecule has 1 saturated heterocycles. The van der Waals surface area contributed by atoms with Gasteiger partial charge in [-0.2, -0.15) is 0 Å². The van der Waals surface area contributed by atoms with E-state index in [0.29, 0.717) is 11.7 Å². The van der Waals surface area contributed by atoms with Crippen molar-refractivity contribution in [2.24, 2.45) is 0 Å². The van der Waals surface area contributed by atoms with Crippen molar-refractivity contribution in [3.05, 3.63) is 60.1 Å². The molecule has 0 spiro atoms. The molecule has 3 nitrogen and oxygen atoms in total. The molecule has 2 atom stereocenters. The van der Waals surface area contributed by atoms with Crippen molar-refractivity contribution in [2.75, 3.05) is 6.54 Å². The molecule has 0 bridgehead atoms. The van der Waals surface area contributed by atoms with E-state index in [1.54, 1.807) is 18.4 Å². The third-order valence-electron chi connectivity index (χ3n) is 3.98. The van der Waals surface area contributed by atoms with Gasteiger partial charge in [0.25, 0.3) is 5.91 Å². The number of rotatable bonds is 2. The second-order valence-corrected chi connectivity index (χ2v) is 5.02. The molecule has 0 N–H and O–H groups in total. The van der Waals surface area contributed by atoms with Crippen LogP contribution < -0.4 is 0 Å². The van der Waals surface area contributed by atoms with Gasteiger partial charge in [0.2, 0.25) is 0 Å². The summed E-state index contributed by atoms with van der Waals surface area (Å²) in [6, 6.07) is 14.1. The largest absolute Gasteiger partial charge is 0.459 e. The van der Waals surface area contributed by atoms with Gasteiger partial charge in [-0.1, -0.05) is 30.3 Å². The second kappa shape index (κ2) is 4.92. The van der Waals surface area contributed by atoms with Crippen LogP contribution in [0.2, 0.25) is 0 Å². The standard InChI is InChI=1S/C16H17NO2/c1-12-14(13-6-3-2-4-7-13)9-10-17(12)16(18)15-8-5-11-19-15/h2-8,11-12,14H,9-10H2,1H3. The van der Waals surface area contributed by atoms with E-state index in [1.807, 2.05) is 11.0 Å². The fourth-order valence-electron chi connectivity index (χ4n) is 2.91. The topological polar surface area (TPSA) is 33.5 Å². The van der Waals surface area contributed by atoms with Crippen molar-refractivity contribution in [1.29, 1.82) is 0 Å². The van der Waals surface area contributed by atoms with Crippen LogP contribution >= 0.6 is 0 Å². The van der Waals surface area contributed by atoms with Gasteiger partial charge in [0.05, 0.1) is 6.26 Å². The normalized spacial score (nSPS) is 22.7. The van der Waals surface area contributed by atoms with Crippen molar-refractivity contribution in [3.63, 3.8) is 0 Å². The van der Waals surface area contributed by atoms with Gasteiger partial charge in [-0.3, -0.25) is 4.79 Å². The quantitative estimate of drug-likeness (QED) is 0.825. The van der Waals surface area contributed by atoms with Crippen LogP contribution in [0.1, 0.15) is 35.4 Å². The first-order valence-electron chi connectivity index (χ1n) is 6.67. The third kappa shape index (κ3) is 2.16. The highest BCUT2D eigenvalue weighted by atomic mass is 16.3. The van der Waals surface area contributed by atoms with Crippen LogP contribution in [0.4, 0.5) is 0 Å². The molecule has 1 aliphatic rings. The van der Waals surface area contributed by atoms with Crippen LogP contribution in [-0.4, -0.2) is 23.4 Å². The lowest BCUT2D eigenvalue weighted by molar-refractivity contribution is 0.0710. The van der Waals surface area contributed by atoms with E-state index in [4.69, 9.17) is 4.42 Å². The average Bonchev–Trinajstić information content (AvgIpc) is 3.08. The Hall–Kier alpha value is -2.03. The Balaban J connectivity index is 1.79. The summed E-state index contributed by atoms with van der Waals surface area (Å²) in [5.74, 6) is 0.844. The van der Waals surface area contributed by atoms with E-state index >= 15 is 0 Å². The fraction of sp³-hybridized carbons (Fsp3) is 0.312. The molecule has 1 fully saturated rings. The zero-order chi connectivity index (χ0) is 13.2. The van der Waals surface area contributed by atoms with Gasteiger partial charge in [-0.15, -0.1) is 0 Å². The number of carbonyl (C=O) groups excluding carboxylic acids is 1. The molecule has 2 heterocycles. The van der Waals surface area contributed by atoms with Gasteiger partial charge in [-0.25, -0.2) is 0 Å². The highest BCUT2D eigenvalue weighted by Crippen LogP contribution is 2.33. The van der Waals surface area contributed by atoms with Crippen LogP contribution in [0.3, 0.4) is 0 Å². The summed E-state index contributed by atoms with van der Waals surface area (Å²) in [6.45, 7) is 2.91. The maximum absolute atomic E-state index is 12.3. The minimum atomic E-state index is -0.00377. The number of hydrogen-bond donors (Lipinski definition) is 0. The smallest absolute Gasteiger partial charge is 0.289 e. The molecule has 1 aromatic heterocycles. The summed E-state index contributed by atoms with van der Waals surface area (Å²) in [6.07, 6.45) is 2.56. The Morgan fingerprint density at radius 1 is 1.21 bits per heavy atom. The molecule has 0 aliphatic carbocycles. The molecule has 98 valence electrons. The molecular weight excluding hydrogens is 238 g/mol. The lowest BCUT2D eigenvalue weighted by atomic mass is 9.93. The molecule has 19 heavy (non-hydrogen) atoms. The minimum Gasteiger partial charge on any atom is -0.459 e. The molecule has 0 saturated carbocycles. The van der Waals surface area contributed by atoms with Crippen LogP contribution in [0.15, 0.2) is 53.1 Å². The molecule has 2 unspecified atom stereocenters. The van der Waals surface area contributed by atoms with E-state index < -0.39 is 0 Å². The fourth-order valence-corrected chi connectivity index (χ4v) is 2.91. The molecule has 2 aromatic rings. The van der Waals surface area contributed by atoms with E-state index in [-0.39, 0.29) is 11.9 Å². The molecule has 1 aliphatic heterocycles. The van der Waals surface area contributed by atoms with Crippen LogP contribution in [0.5, 0.6) is 0 Å².